The number of hydrogen-bond donors (Lipinski definition) is 4. The van der Waals surface area contributed by atoms with E-state index >= 15 is 4.39 Å². The quantitative estimate of drug-likeness (QED) is 0.220. The lowest BCUT2D eigenvalue weighted by Crippen LogP contribution is -2.47. The number of amides is 1. The molecule has 0 atom stereocenters. The Morgan fingerprint density at radius 1 is 1.12 bits per heavy atom. The smallest absolute Gasteiger partial charge is 0.290 e. The molecule has 0 aliphatic carbocycles. The zero-order chi connectivity index (χ0) is 35.1. The number of rotatable bonds is 11. The lowest BCUT2D eigenvalue weighted by Gasteiger charge is -2.38. The Kier molecular flexibility index (Phi) is 9.21. The molecule has 0 bridgehead atoms. The van der Waals surface area contributed by atoms with E-state index in [9.17, 15) is 14.7 Å². The second-order valence-electron chi connectivity index (χ2n) is 14.1. The lowest BCUT2D eigenvalue weighted by atomic mass is 9.82. The third-order valence-electron chi connectivity index (χ3n) is 9.40. The molecule has 0 unspecified atom stereocenters. The number of benzene rings is 2. The van der Waals surface area contributed by atoms with Crippen molar-refractivity contribution in [1.29, 1.82) is 5.41 Å². The van der Waals surface area contributed by atoms with E-state index in [1.807, 2.05) is 26.0 Å². The summed E-state index contributed by atoms with van der Waals surface area (Å²) in [7, 11) is 1.55. The first-order valence-electron chi connectivity index (χ1n) is 16.6. The van der Waals surface area contributed by atoms with Gasteiger partial charge in [-0.3, -0.25) is 14.5 Å². The van der Waals surface area contributed by atoms with Crippen molar-refractivity contribution in [3.05, 3.63) is 98.6 Å². The number of fused-ring (bicyclic) bond motifs is 1. The van der Waals surface area contributed by atoms with Gasteiger partial charge in [0.05, 0.1) is 30.1 Å². The Morgan fingerprint density at radius 3 is 2.55 bits per heavy atom. The number of allylic oxidation sites excluding steroid dienone is 2. The molecule has 4 N–H and O–H groups in total. The minimum absolute atomic E-state index is 0.00707. The zero-order valence-corrected chi connectivity index (χ0v) is 28.7. The summed E-state index contributed by atoms with van der Waals surface area (Å²) in [5.41, 5.74) is 1.95. The van der Waals surface area contributed by atoms with Crippen LogP contribution in [0.5, 0.6) is 0 Å². The van der Waals surface area contributed by atoms with Crippen molar-refractivity contribution >= 4 is 23.5 Å². The lowest BCUT2D eigenvalue weighted by molar-refractivity contribution is -0.0142. The Bertz CT molecular complexity index is 1930. The first-order valence-corrected chi connectivity index (χ1v) is 16.6. The highest BCUT2D eigenvalue weighted by molar-refractivity contribution is 6.09. The molecule has 258 valence electrons. The molecule has 6 rings (SSSR count). The number of nitrogens with one attached hydrogen (secondary N) is 3. The minimum Gasteiger partial charge on any atom is -0.489 e. The second-order valence-corrected chi connectivity index (χ2v) is 14.1. The van der Waals surface area contributed by atoms with Crippen LogP contribution >= 0.6 is 0 Å². The van der Waals surface area contributed by atoms with E-state index in [-0.39, 0.29) is 29.0 Å². The van der Waals surface area contributed by atoms with E-state index in [4.69, 9.17) is 10.1 Å². The summed E-state index contributed by atoms with van der Waals surface area (Å²) in [5.74, 6) is 0.277. The zero-order valence-electron chi connectivity index (χ0n) is 28.7. The van der Waals surface area contributed by atoms with Crippen molar-refractivity contribution in [1.82, 2.24) is 20.0 Å². The highest BCUT2D eigenvalue weighted by Crippen LogP contribution is 2.36. The molecular formula is C37H44FN7O4. The average Bonchev–Trinajstić information content (AvgIpc) is 3.05. The summed E-state index contributed by atoms with van der Waals surface area (Å²) in [4.78, 5) is 30.8. The molecule has 1 amide bonds. The number of anilines is 2. The molecule has 2 aromatic carbocycles. The highest BCUT2D eigenvalue weighted by Gasteiger charge is 2.33. The molecule has 49 heavy (non-hydrogen) atoms. The van der Waals surface area contributed by atoms with E-state index in [0.29, 0.717) is 52.4 Å². The average molecular weight is 670 g/mol. The maximum Gasteiger partial charge on any atom is 0.290 e. The molecule has 12 heteroatoms. The number of nitrogens with zero attached hydrogens (tertiary/aromatic N) is 4. The monoisotopic (exact) mass is 669 g/mol. The number of aliphatic hydroxyl groups is 1. The molecule has 1 fully saturated rings. The van der Waals surface area contributed by atoms with E-state index in [1.54, 1.807) is 37.4 Å². The van der Waals surface area contributed by atoms with Crippen molar-refractivity contribution in [2.75, 3.05) is 42.9 Å². The number of dihydropyridines is 1. The van der Waals surface area contributed by atoms with Gasteiger partial charge in [-0.05, 0) is 81.3 Å². The van der Waals surface area contributed by atoms with E-state index in [0.717, 1.165) is 25.4 Å². The molecule has 3 aromatic rings. The standard InChI is InChI=1S/C37H44FN7O4/c1-36(2,21-39)24-16-23-12-15-45(35(48)33(23)28(38)17-24)31-9-6-8-26(27(31)20-46)29-18-30(34(47)43(5)42-29)41-32-11-10-25(19-40-32)49-37(3,4)22-44-13-7-14-44/h6,8-11,16-18,21,39-41,46H,7,12-15,19-20,22H2,1-5H3. The second kappa shape index (κ2) is 13.2. The predicted octanol–water partition coefficient (Wildman–Crippen LogP) is 4.45. The maximum absolute atomic E-state index is 15.5. The van der Waals surface area contributed by atoms with Crippen LogP contribution in [0.4, 0.5) is 15.8 Å². The molecule has 0 saturated carbocycles. The number of likely N-dealkylation sites (tertiary alicyclic amines) is 1. The number of carbonyl (C=O) groups is 1. The van der Waals surface area contributed by atoms with E-state index in [2.05, 4.69) is 34.5 Å². The minimum atomic E-state index is -0.674. The van der Waals surface area contributed by atoms with Gasteiger partial charge in [-0.1, -0.05) is 32.0 Å². The molecular weight excluding hydrogens is 625 g/mol. The topological polar surface area (TPSA) is 136 Å². The molecule has 1 aromatic heterocycles. The fourth-order valence-electron chi connectivity index (χ4n) is 6.56. The van der Waals surface area contributed by atoms with Crippen LogP contribution in [0, 0.1) is 11.2 Å². The van der Waals surface area contributed by atoms with Crippen molar-refractivity contribution in [3.8, 4) is 11.3 Å². The van der Waals surface area contributed by atoms with E-state index in [1.165, 1.54) is 28.3 Å². The highest BCUT2D eigenvalue weighted by atomic mass is 19.1. The number of halogens is 1. The maximum atomic E-state index is 15.5. The van der Waals surface area contributed by atoms with Gasteiger partial charge in [0.2, 0.25) is 0 Å². The number of hydrogen-bond acceptors (Lipinski definition) is 9. The molecule has 0 spiro atoms. The molecule has 4 heterocycles. The van der Waals surface area contributed by atoms with Gasteiger partial charge in [0, 0.05) is 42.9 Å². The SMILES string of the molecule is Cn1nc(-c2cccc(N3CCc4cc(C(C)(C)C=N)cc(F)c4C3=O)c2CO)cc(NC2=CC=C(OC(C)(C)CN3CCC3)CN2)c1=O. The number of aryl methyl sites for hydroxylation is 1. The Balaban J connectivity index is 1.26. The molecule has 1 saturated heterocycles. The number of aliphatic hydroxyl groups excluding tert-OH is 1. The van der Waals surface area contributed by atoms with E-state index < -0.39 is 23.7 Å². The largest absolute Gasteiger partial charge is 0.489 e. The summed E-state index contributed by atoms with van der Waals surface area (Å²) in [6.45, 7) is 11.2. The van der Waals surface area contributed by atoms with Gasteiger partial charge in [0.25, 0.3) is 11.5 Å². The normalized spacial score (nSPS) is 16.6. The molecule has 3 aliphatic heterocycles. The summed E-state index contributed by atoms with van der Waals surface area (Å²) in [5, 5.41) is 29.3. The first kappa shape index (κ1) is 34.1. The van der Waals surface area contributed by atoms with Gasteiger partial charge in [-0.15, -0.1) is 0 Å². The van der Waals surface area contributed by atoms with Gasteiger partial charge in [-0.2, -0.15) is 5.10 Å². The number of carbonyl (C=O) groups excluding carboxylic acids is 1. The summed E-state index contributed by atoms with van der Waals surface area (Å²) in [6, 6.07) is 9.99. The van der Waals surface area contributed by atoms with Gasteiger partial charge < -0.3 is 30.8 Å². The summed E-state index contributed by atoms with van der Waals surface area (Å²) in [6.07, 6.45) is 6.61. The van der Waals surface area contributed by atoms with Gasteiger partial charge in [-0.25, -0.2) is 9.07 Å². The van der Waals surface area contributed by atoms with Crippen molar-refractivity contribution < 1.29 is 19.0 Å². The Hall–Kier alpha value is -4.81. The van der Waals surface area contributed by atoms with Gasteiger partial charge in [0.1, 0.15) is 28.7 Å². The van der Waals surface area contributed by atoms with Crippen LogP contribution in [0.3, 0.4) is 0 Å². The third kappa shape index (κ3) is 6.88. The van der Waals surface area contributed by atoms with Crippen LogP contribution in [0.15, 0.2) is 64.9 Å². The summed E-state index contributed by atoms with van der Waals surface area (Å²) >= 11 is 0. The van der Waals surface area contributed by atoms with Crippen molar-refractivity contribution in [2.24, 2.45) is 7.05 Å². The number of aromatic nitrogens is 2. The van der Waals surface area contributed by atoms with Crippen LogP contribution in [0.2, 0.25) is 0 Å². The predicted molar refractivity (Wildman–Crippen MR) is 188 cm³/mol. The first-order chi connectivity index (χ1) is 23.3. The van der Waals surface area contributed by atoms with Crippen LogP contribution in [0.1, 0.15) is 61.2 Å². The third-order valence-corrected chi connectivity index (χ3v) is 9.40. The number of ether oxygens (including phenoxy) is 1. The van der Waals surface area contributed by atoms with Crippen LogP contribution in [-0.4, -0.2) is 70.2 Å². The van der Waals surface area contributed by atoms with Crippen LogP contribution < -0.4 is 21.1 Å². The van der Waals surface area contributed by atoms with Gasteiger partial charge in [0.15, 0.2) is 0 Å². The Labute approximate surface area is 285 Å². The fraction of sp³-hybridized carbons (Fsp3) is 0.405. The molecule has 0 radical (unpaired) electrons. The van der Waals surface area contributed by atoms with Crippen LogP contribution in [0.25, 0.3) is 11.3 Å². The fourth-order valence-corrected chi connectivity index (χ4v) is 6.56. The van der Waals surface area contributed by atoms with Crippen molar-refractivity contribution in [2.45, 2.75) is 58.2 Å². The van der Waals surface area contributed by atoms with Crippen molar-refractivity contribution in [3.63, 3.8) is 0 Å². The molecule has 3 aliphatic rings. The van der Waals surface area contributed by atoms with Crippen LogP contribution in [-0.2, 0) is 30.2 Å². The molecule has 11 nitrogen and oxygen atoms in total. The Morgan fingerprint density at radius 2 is 1.90 bits per heavy atom. The summed E-state index contributed by atoms with van der Waals surface area (Å²) < 4.78 is 23.0. The van der Waals surface area contributed by atoms with Gasteiger partial charge >= 0.3 is 0 Å².